The van der Waals surface area contributed by atoms with Crippen molar-refractivity contribution >= 4 is 11.4 Å². The summed E-state index contributed by atoms with van der Waals surface area (Å²) >= 11 is 0. The molecule has 2 nitrogen and oxygen atoms in total. The summed E-state index contributed by atoms with van der Waals surface area (Å²) in [6.45, 7) is 8.92. The van der Waals surface area contributed by atoms with E-state index in [0.717, 1.165) is 13.1 Å². The van der Waals surface area contributed by atoms with Crippen molar-refractivity contribution in [1.29, 1.82) is 0 Å². The zero-order valence-electron chi connectivity index (χ0n) is 13.1. The number of anilines is 2. The number of benzene rings is 2. The molecule has 0 aliphatic carbocycles. The molecule has 1 aliphatic rings. The summed E-state index contributed by atoms with van der Waals surface area (Å²) < 4.78 is 0. The molecular weight excluding hydrogens is 256 g/mol. The van der Waals surface area contributed by atoms with E-state index in [0.29, 0.717) is 6.04 Å². The molecule has 0 saturated heterocycles. The number of nitrogens with one attached hydrogen (secondary N) is 1. The van der Waals surface area contributed by atoms with Crippen LogP contribution in [0.1, 0.15) is 32.4 Å². The maximum atomic E-state index is 3.59. The Morgan fingerprint density at radius 3 is 2.38 bits per heavy atom. The molecule has 0 fully saturated rings. The largest absolute Gasteiger partial charge is 0.381 e. The molecule has 1 heterocycles. The molecule has 1 unspecified atom stereocenters. The molecule has 2 aromatic carbocycles. The summed E-state index contributed by atoms with van der Waals surface area (Å²) in [5.74, 6) is 0. The van der Waals surface area contributed by atoms with Crippen molar-refractivity contribution in [1.82, 2.24) is 0 Å². The van der Waals surface area contributed by atoms with Gasteiger partial charge in [0.15, 0.2) is 0 Å². The van der Waals surface area contributed by atoms with Crippen LogP contribution in [0, 0.1) is 5.41 Å². The highest BCUT2D eigenvalue weighted by Gasteiger charge is 2.29. The smallest absolute Gasteiger partial charge is 0.0715 e. The lowest BCUT2D eigenvalue weighted by Gasteiger charge is -2.43. The monoisotopic (exact) mass is 280 g/mol. The van der Waals surface area contributed by atoms with Crippen LogP contribution in [0.15, 0.2) is 54.6 Å². The van der Waals surface area contributed by atoms with Gasteiger partial charge in [0.05, 0.1) is 17.4 Å². The molecule has 21 heavy (non-hydrogen) atoms. The second kappa shape index (κ2) is 5.44. The van der Waals surface area contributed by atoms with E-state index in [-0.39, 0.29) is 5.41 Å². The van der Waals surface area contributed by atoms with Crippen LogP contribution in [0.4, 0.5) is 11.4 Å². The lowest BCUT2D eigenvalue weighted by atomic mass is 9.92. The molecule has 110 valence electrons. The minimum absolute atomic E-state index is 0.261. The van der Waals surface area contributed by atoms with E-state index in [4.69, 9.17) is 0 Å². The summed E-state index contributed by atoms with van der Waals surface area (Å²) in [6, 6.07) is 19.8. The average Bonchev–Trinajstić information content (AvgIpc) is 2.47. The first kappa shape index (κ1) is 14.0. The quantitative estimate of drug-likeness (QED) is 0.857. The number of rotatable bonds is 2. The standard InChI is InChI=1S/C19H24N2/c1-19(2,3)14-21-17-12-8-7-11-16(17)20-13-18(21)15-9-5-4-6-10-15/h4-12,18,20H,13-14H2,1-3H3. The van der Waals surface area contributed by atoms with Gasteiger partial charge in [-0.3, -0.25) is 0 Å². The third kappa shape index (κ3) is 3.05. The lowest BCUT2D eigenvalue weighted by molar-refractivity contribution is 0.391. The first-order chi connectivity index (χ1) is 10.0. The van der Waals surface area contributed by atoms with Crippen molar-refractivity contribution < 1.29 is 0 Å². The van der Waals surface area contributed by atoms with Gasteiger partial charge in [-0.25, -0.2) is 0 Å². The predicted octanol–water partition coefficient (Wildman–Crippen LogP) is 4.71. The zero-order chi connectivity index (χ0) is 14.9. The van der Waals surface area contributed by atoms with Crippen LogP contribution in [-0.4, -0.2) is 13.1 Å². The fraction of sp³-hybridized carbons (Fsp3) is 0.368. The van der Waals surface area contributed by atoms with Gasteiger partial charge in [-0.2, -0.15) is 0 Å². The molecule has 1 aliphatic heterocycles. The van der Waals surface area contributed by atoms with Crippen molar-refractivity contribution in [2.75, 3.05) is 23.3 Å². The van der Waals surface area contributed by atoms with Crippen LogP contribution in [0.2, 0.25) is 0 Å². The first-order valence-corrected chi connectivity index (χ1v) is 7.69. The minimum Gasteiger partial charge on any atom is -0.381 e. The van der Waals surface area contributed by atoms with Crippen molar-refractivity contribution in [2.24, 2.45) is 5.41 Å². The zero-order valence-corrected chi connectivity index (χ0v) is 13.1. The summed E-state index contributed by atoms with van der Waals surface area (Å²) in [5, 5.41) is 3.59. The molecule has 3 rings (SSSR count). The fourth-order valence-electron chi connectivity index (χ4n) is 3.04. The van der Waals surface area contributed by atoms with Crippen LogP contribution >= 0.6 is 0 Å². The van der Waals surface area contributed by atoms with Gasteiger partial charge in [0, 0.05) is 13.1 Å². The molecule has 2 heteroatoms. The third-order valence-electron chi connectivity index (χ3n) is 3.90. The number of hydrogen-bond donors (Lipinski definition) is 1. The van der Waals surface area contributed by atoms with Crippen LogP contribution in [-0.2, 0) is 0 Å². The number of fused-ring (bicyclic) bond motifs is 1. The maximum absolute atomic E-state index is 3.59. The fourth-order valence-corrected chi connectivity index (χ4v) is 3.04. The number of nitrogens with zero attached hydrogens (tertiary/aromatic N) is 1. The minimum atomic E-state index is 0.261. The second-order valence-corrected chi connectivity index (χ2v) is 7.01. The molecule has 2 aromatic rings. The molecule has 1 N–H and O–H groups in total. The molecule has 0 amide bonds. The van der Waals surface area contributed by atoms with E-state index in [1.165, 1.54) is 16.9 Å². The Morgan fingerprint density at radius 1 is 1.00 bits per heavy atom. The molecule has 0 spiro atoms. The van der Waals surface area contributed by atoms with E-state index in [1.54, 1.807) is 0 Å². The van der Waals surface area contributed by atoms with Gasteiger partial charge in [-0.15, -0.1) is 0 Å². The highest BCUT2D eigenvalue weighted by molar-refractivity contribution is 5.73. The number of para-hydroxylation sites is 2. The highest BCUT2D eigenvalue weighted by atomic mass is 15.2. The summed E-state index contributed by atoms with van der Waals surface area (Å²) in [6.07, 6.45) is 0. The maximum Gasteiger partial charge on any atom is 0.0715 e. The van der Waals surface area contributed by atoms with Crippen molar-refractivity contribution in [2.45, 2.75) is 26.8 Å². The van der Waals surface area contributed by atoms with Crippen molar-refractivity contribution in [3.8, 4) is 0 Å². The molecule has 0 radical (unpaired) electrons. The van der Waals surface area contributed by atoms with Gasteiger partial charge >= 0.3 is 0 Å². The molecule has 0 bridgehead atoms. The van der Waals surface area contributed by atoms with E-state index >= 15 is 0 Å². The van der Waals surface area contributed by atoms with E-state index in [9.17, 15) is 0 Å². The molecule has 0 aromatic heterocycles. The first-order valence-electron chi connectivity index (χ1n) is 7.69. The Bertz CT molecular complexity index is 598. The van der Waals surface area contributed by atoms with Crippen molar-refractivity contribution in [3.63, 3.8) is 0 Å². The third-order valence-corrected chi connectivity index (χ3v) is 3.90. The van der Waals surface area contributed by atoms with Gasteiger partial charge in [-0.1, -0.05) is 63.2 Å². The van der Waals surface area contributed by atoms with E-state index in [1.807, 2.05) is 0 Å². The summed E-state index contributed by atoms with van der Waals surface area (Å²) in [7, 11) is 0. The van der Waals surface area contributed by atoms with Crippen molar-refractivity contribution in [3.05, 3.63) is 60.2 Å². The molecular formula is C19H24N2. The SMILES string of the molecule is CC(C)(C)CN1c2ccccc2NCC1c1ccccc1. The van der Waals surface area contributed by atoms with Gasteiger partial charge < -0.3 is 10.2 Å². The number of hydrogen-bond acceptors (Lipinski definition) is 2. The van der Waals surface area contributed by atoms with Crippen LogP contribution < -0.4 is 10.2 Å². The Morgan fingerprint density at radius 2 is 1.67 bits per heavy atom. The highest BCUT2D eigenvalue weighted by Crippen LogP contribution is 2.39. The average molecular weight is 280 g/mol. The van der Waals surface area contributed by atoms with Crippen LogP contribution in [0.5, 0.6) is 0 Å². The summed E-state index contributed by atoms with van der Waals surface area (Å²) in [5.41, 5.74) is 4.20. The van der Waals surface area contributed by atoms with Gasteiger partial charge in [0.1, 0.15) is 0 Å². The Hall–Kier alpha value is -1.96. The molecule has 1 atom stereocenters. The van der Waals surface area contributed by atoms with Crippen LogP contribution in [0.25, 0.3) is 0 Å². The van der Waals surface area contributed by atoms with Gasteiger partial charge in [-0.05, 0) is 23.1 Å². The van der Waals surface area contributed by atoms with E-state index in [2.05, 4.69) is 85.6 Å². The topological polar surface area (TPSA) is 15.3 Å². The Labute approximate surface area is 127 Å². The van der Waals surface area contributed by atoms with Gasteiger partial charge in [0.2, 0.25) is 0 Å². The normalized spacial score (nSPS) is 18.0. The van der Waals surface area contributed by atoms with E-state index < -0.39 is 0 Å². The Balaban J connectivity index is 2.01. The molecule has 0 saturated carbocycles. The lowest BCUT2D eigenvalue weighted by Crippen LogP contribution is -2.42. The van der Waals surface area contributed by atoms with Gasteiger partial charge in [0.25, 0.3) is 0 Å². The summed E-state index contributed by atoms with van der Waals surface area (Å²) in [4.78, 5) is 2.56. The Kier molecular flexibility index (Phi) is 3.62. The second-order valence-electron chi connectivity index (χ2n) is 7.01. The predicted molar refractivity (Wildman–Crippen MR) is 90.9 cm³/mol. The van der Waals surface area contributed by atoms with Crippen LogP contribution in [0.3, 0.4) is 0 Å².